The van der Waals surface area contributed by atoms with Crippen LogP contribution in [-0.4, -0.2) is 13.7 Å². The third kappa shape index (κ3) is 3.22. The molecule has 0 aliphatic heterocycles. The highest BCUT2D eigenvalue weighted by molar-refractivity contribution is 9.10. The molecule has 0 saturated heterocycles. The van der Waals surface area contributed by atoms with Crippen molar-refractivity contribution >= 4 is 27.3 Å². The van der Waals surface area contributed by atoms with Crippen molar-refractivity contribution in [3.8, 4) is 5.06 Å². The lowest BCUT2D eigenvalue weighted by Crippen LogP contribution is -2.20. The van der Waals surface area contributed by atoms with E-state index in [1.807, 2.05) is 0 Å². The number of ether oxygens (including phenoxy) is 1. The van der Waals surface area contributed by atoms with Crippen LogP contribution in [0.25, 0.3) is 0 Å². The maximum atomic E-state index is 5.25. The van der Waals surface area contributed by atoms with E-state index < -0.39 is 0 Å². The minimum absolute atomic E-state index is 0.908. The van der Waals surface area contributed by atoms with Gasteiger partial charge in [-0.2, -0.15) is 0 Å². The molecule has 1 aromatic rings. The van der Waals surface area contributed by atoms with Gasteiger partial charge in [-0.05, 0) is 47.3 Å². The number of hydrogen-bond acceptors (Lipinski definition) is 3. The molecular formula is C12H18BrNOS. The van der Waals surface area contributed by atoms with Gasteiger partial charge in [-0.15, -0.1) is 11.3 Å². The number of methoxy groups -OCH3 is 1. The predicted molar refractivity (Wildman–Crippen MR) is 72.2 cm³/mol. The zero-order valence-electron chi connectivity index (χ0n) is 9.59. The Labute approximate surface area is 110 Å². The normalized spacial score (nSPS) is 16.9. The molecule has 1 N–H and O–H groups in total. The number of hydrogen-bond donors (Lipinski definition) is 1. The van der Waals surface area contributed by atoms with Crippen LogP contribution in [0.1, 0.15) is 30.6 Å². The van der Waals surface area contributed by atoms with Gasteiger partial charge in [0.05, 0.1) is 11.6 Å². The summed E-state index contributed by atoms with van der Waals surface area (Å²) < 4.78 is 6.32. The number of thiophene rings is 1. The minimum atomic E-state index is 0.908. The van der Waals surface area contributed by atoms with Crippen LogP contribution in [0.3, 0.4) is 0 Å². The Morgan fingerprint density at radius 3 is 2.88 bits per heavy atom. The molecule has 0 bridgehead atoms. The van der Waals surface area contributed by atoms with Crippen molar-refractivity contribution in [1.82, 2.24) is 5.32 Å². The molecule has 90 valence electrons. The first-order chi connectivity index (χ1) is 7.79. The fourth-order valence-electron chi connectivity index (χ4n) is 2.24. The summed E-state index contributed by atoms with van der Waals surface area (Å²) in [6, 6.07) is 2.14. The van der Waals surface area contributed by atoms with E-state index in [0.29, 0.717) is 0 Å². The summed E-state index contributed by atoms with van der Waals surface area (Å²) in [5, 5.41) is 4.51. The molecule has 0 aromatic carbocycles. The third-order valence-electron chi connectivity index (χ3n) is 3.10. The lowest BCUT2D eigenvalue weighted by molar-refractivity contribution is 0.425. The average molecular weight is 304 g/mol. The van der Waals surface area contributed by atoms with E-state index in [4.69, 9.17) is 4.74 Å². The van der Waals surface area contributed by atoms with E-state index in [1.165, 1.54) is 30.6 Å². The summed E-state index contributed by atoms with van der Waals surface area (Å²) in [5.74, 6) is 0.908. The summed E-state index contributed by atoms with van der Waals surface area (Å²) in [6.45, 7) is 2.13. The molecule has 1 heterocycles. The van der Waals surface area contributed by atoms with Crippen LogP contribution in [0, 0.1) is 5.92 Å². The molecule has 2 nitrogen and oxygen atoms in total. The van der Waals surface area contributed by atoms with Gasteiger partial charge in [-0.25, -0.2) is 0 Å². The van der Waals surface area contributed by atoms with Crippen molar-refractivity contribution in [2.45, 2.75) is 32.2 Å². The molecular weight excluding hydrogens is 286 g/mol. The van der Waals surface area contributed by atoms with Crippen LogP contribution in [-0.2, 0) is 6.54 Å². The van der Waals surface area contributed by atoms with Gasteiger partial charge in [0, 0.05) is 11.4 Å². The number of halogens is 1. The molecule has 1 fully saturated rings. The zero-order valence-corrected chi connectivity index (χ0v) is 12.0. The first-order valence-electron chi connectivity index (χ1n) is 5.82. The highest BCUT2D eigenvalue weighted by atomic mass is 79.9. The van der Waals surface area contributed by atoms with Gasteiger partial charge in [0.1, 0.15) is 0 Å². The molecule has 1 saturated carbocycles. The summed E-state index contributed by atoms with van der Waals surface area (Å²) >= 11 is 5.20. The smallest absolute Gasteiger partial charge is 0.188 e. The average Bonchev–Trinajstić information content (AvgIpc) is 2.88. The molecule has 0 radical (unpaired) electrons. The highest BCUT2D eigenvalue weighted by Crippen LogP contribution is 2.34. The van der Waals surface area contributed by atoms with Crippen molar-refractivity contribution < 1.29 is 4.74 Å². The van der Waals surface area contributed by atoms with Crippen LogP contribution in [0.4, 0.5) is 0 Å². The molecule has 0 amide bonds. The van der Waals surface area contributed by atoms with Crippen LogP contribution < -0.4 is 10.1 Å². The molecule has 0 unspecified atom stereocenters. The van der Waals surface area contributed by atoms with Crippen molar-refractivity contribution in [2.75, 3.05) is 13.7 Å². The van der Waals surface area contributed by atoms with E-state index in [1.54, 1.807) is 18.4 Å². The minimum Gasteiger partial charge on any atom is -0.486 e. The van der Waals surface area contributed by atoms with Crippen molar-refractivity contribution in [3.63, 3.8) is 0 Å². The molecule has 0 atom stereocenters. The van der Waals surface area contributed by atoms with Gasteiger partial charge >= 0.3 is 0 Å². The third-order valence-corrected chi connectivity index (χ3v) is 5.05. The number of rotatable bonds is 5. The quantitative estimate of drug-likeness (QED) is 0.893. The summed E-state index contributed by atoms with van der Waals surface area (Å²) in [7, 11) is 1.71. The van der Waals surface area contributed by atoms with Gasteiger partial charge in [0.2, 0.25) is 0 Å². The lowest BCUT2D eigenvalue weighted by Gasteiger charge is -2.09. The molecule has 1 aromatic heterocycles. The Hall–Kier alpha value is -0.0600. The SMILES string of the molecule is COc1sc(CNCC2CCCC2)cc1Br. The highest BCUT2D eigenvalue weighted by Gasteiger charge is 2.14. The Balaban J connectivity index is 1.75. The van der Waals surface area contributed by atoms with E-state index >= 15 is 0 Å². The van der Waals surface area contributed by atoms with E-state index in [2.05, 4.69) is 27.3 Å². The summed E-state index contributed by atoms with van der Waals surface area (Å²) in [5.41, 5.74) is 0. The predicted octanol–water partition coefficient (Wildman–Crippen LogP) is 3.80. The van der Waals surface area contributed by atoms with Gasteiger partial charge in [0.25, 0.3) is 0 Å². The topological polar surface area (TPSA) is 21.3 Å². The van der Waals surface area contributed by atoms with Gasteiger partial charge < -0.3 is 10.1 Å². The largest absolute Gasteiger partial charge is 0.486 e. The van der Waals surface area contributed by atoms with Crippen LogP contribution in [0.2, 0.25) is 0 Å². The van der Waals surface area contributed by atoms with E-state index in [0.717, 1.165) is 28.5 Å². The van der Waals surface area contributed by atoms with Crippen molar-refractivity contribution in [2.24, 2.45) is 5.92 Å². The molecule has 1 aliphatic carbocycles. The van der Waals surface area contributed by atoms with E-state index in [9.17, 15) is 0 Å². The first-order valence-corrected chi connectivity index (χ1v) is 7.43. The Kier molecular flexibility index (Phi) is 4.67. The van der Waals surface area contributed by atoms with Crippen LogP contribution in [0.5, 0.6) is 5.06 Å². The van der Waals surface area contributed by atoms with Gasteiger partial charge in [-0.3, -0.25) is 0 Å². The second-order valence-corrected chi connectivity index (χ2v) is 6.29. The number of nitrogens with one attached hydrogen (secondary N) is 1. The van der Waals surface area contributed by atoms with Crippen LogP contribution >= 0.6 is 27.3 Å². The molecule has 1 aliphatic rings. The standard InChI is InChI=1S/C12H18BrNOS/c1-15-12-11(13)6-10(16-12)8-14-7-9-4-2-3-5-9/h6,9,14H,2-5,7-8H2,1H3. The molecule has 16 heavy (non-hydrogen) atoms. The monoisotopic (exact) mass is 303 g/mol. The maximum absolute atomic E-state index is 5.25. The molecule has 4 heteroatoms. The zero-order chi connectivity index (χ0) is 11.4. The van der Waals surface area contributed by atoms with Gasteiger partial charge in [0.15, 0.2) is 5.06 Å². The van der Waals surface area contributed by atoms with E-state index in [-0.39, 0.29) is 0 Å². The second-order valence-electron chi connectivity index (χ2n) is 4.33. The van der Waals surface area contributed by atoms with Gasteiger partial charge in [-0.1, -0.05) is 12.8 Å². The first kappa shape index (κ1) is 12.4. The lowest BCUT2D eigenvalue weighted by atomic mass is 10.1. The second kappa shape index (κ2) is 6.03. The molecule has 2 rings (SSSR count). The fraction of sp³-hybridized carbons (Fsp3) is 0.667. The summed E-state index contributed by atoms with van der Waals surface area (Å²) in [6.07, 6.45) is 5.66. The molecule has 0 spiro atoms. The maximum Gasteiger partial charge on any atom is 0.188 e. The fourth-order valence-corrected chi connectivity index (χ4v) is 3.90. The van der Waals surface area contributed by atoms with Crippen molar-refractivity contribution in [3.05, 3.63) is 15.4 Å². The van der Waals surface area contributed by atoms with Crippen molar-refractivity contribution in [1.29, 1.82) is 0 Å². The summed E-state index contributed by atoms with van der Waals surface area (Å²) in [4.78, 5) is 1.33. The Morgan fingerprint density at radius 1 is 1.50 bits per heavy atom. The van der Waals surface area contributed by atoms with Crippen LogP contribution in [0.15, 0.2) is 10.5 Å². The Bertz CT molecular complexity index is 334. The Morgan fingerprint density at radius 2 is 2.25 bits per heavy atom.